The van der Waals surface area contributed by atoms with Crippen LogP contribution >= 0.6 is 0 Å². The van der Waals surface area contributed by atoms with E-state index in [1.54, 1.807) is 11.1 Å². The van der Waals surface area contributed by atoms with Gasteiger partial charge in [0.2, 0.25) is 0 Å². The predicted octanol–water partition coefficient (Wildman–Crippen LogP) is 10.6. The Kier molecular flexibility index (Phi) is 11.2. The second-order valence-corrected chi connectivity index (χ2v) is 12.1. The molecule has 1 aromatic rings. The van der Waals surface area contributed by atoms with Crippen LogP contribution in [0, 0.1) is 17.3 Å². The third-order valence-corrected chi connectivity index (χ3v) is 9.30. The van der Waals surface area contributed by atoms with Crippen LogP contribution in [0.15, 0.2) is 24.3 Å². The normalized spacial score (nSPS) is 28.7. The molecule has 0 spiro atoms. The molecule has 32 heavy (non-hydrogen) atoms. The van der Waals surface area contributed by atoms with Crippen molar-refractivity contribution in [2.45, 2.75) is 149 Å². The Morgan fingerprint density at radius 3 is 1.91 bits per heavy atom. The van der Waals surface area contributed by atoms with Crippen LogP contribution in [-0.2, 0) is 6.42 Å². The van der Waals surface area contributed by atoms with Gasteiger partial charge >= 0.3 is 0 Å². The van der Waals surface area contributed by atoms with Crippen LogP contribution in [0.25, 0.3) is 0 Å². The van der Waals surface area contributed by atoms with Gasteiger partial charge in [-0.25, -0.2) is 0 Å². The van der Waals surface area contributed by atoms with E-state index in [0.717, 1.165) is 17.8 Å². The molecule has 0 aromatic heterocycles. The molecule has 0 unspecified atom stereocenters. The topological polar surface area (TPSA) is 0 Å². The van der Waals surface area contributed by atoms with Crippen molar-refractivity contribution in [3.05, 3.63) is 35.4 Å². The van der Waals surface area contributed by atoms with Gasteiger partial charge in [-0.15, -0.1) is 0 Å². The van der Waals surface area contributed by atoms with Crippen molar-refractivity contribution < 1.29 is 0 Å². The fourth-order valence-electron chi connectivity index (χ4n) is 6.67. The lowest BCUT2D eigenvalue weighted by Crippen LogP contribution is -2.23. The monoisotopic (exact) mass is 438 g/mol. The fourth-order valence-corrected chi connectivity index (χ4v) is 6.67. The Hall–Kier alpha value is -0.780. The maximum atomic E-state index is 2.54. The predicted molar refractivity (Wildman–Crippen MR) is 142 cm³/mol. The van der Waals surface area contributed by atoms with E-state index in [1.165, 1.54) is 122 Å². The molecular formula is C32H54. The Balaban J connectivity index is 1.32. The van der Waals surface area contributed by atoms with Crippen molar-refractivity contribution in [3.63, 3.8) is 0 Å². The molecule has 0 saturated heterocycles. The highest BCUT2D eigenvalue weighted by atomic mass is 14.4. The molecule has 0 atom stereocenters. The Morgan fingerprint density at radius 1 is 0.688 bits per heavy atom. The Bertz CT molecular complexity index is 595. The zero-order valence-electron chi connectivity index (χ0n) is 22.0. The molecule has 0 amide bonds. The minimum absolute atomic E-state index is 0.626. The lowest BCUT2D eigenvalue weighted by molar-refractivity contribution is 0.179. The number of unbranched alkanes of at least 4 members (excludes halogenated alkanes) is 5. The Morgan fingerprint density at radius 2 is 1.28 bits per heavy atom. The summed E-state index contributed by atoms with van der Waals surface area (Å²) in [4.78, 5) is 0. The van der Waals surface area contributed by atoms with E-state index in [1.807, 2.05) is 0 Å². The largest absolute Gasteiger partial charge is 0.0654 e. The molecule has 2 aliphatic rings. The summed E-state index contributed by atoms with van der Waals surface area (Å²) in [5.41, 5.74) is 3.82. The van der Waals surface area contributed by atoms with E-state index >= 15 is 0 Å². The zero-order valence-corrected chi connectivity index (χ0v) is 22.0. The van der Waals surface area contributed by atoms with E-state index in [9.17, 15) is 0 Å². The van der Waals surface area contributed by atoms with E-state index in [4.69, 9.17) is 0 Å². The van der Waals surface area contributed by atoms with Gasteiger partial charge in [0, 0.05) is 0 Å². The van der Waals surface area contributed by atoms with Crippen LogP contribution in [0.2, 0.25) is 0 Å². The fraction of sp³-hybridized carbons (Fsp3) is 0.812. The van der Waals surface area contributed by atoms with Crippen molar-refractivity contribution >= 4 is 0 Å². The van der Waals surface area contributed by atoms with Gasteiger partial charge in [0.25, 0.3) is 0 Å². The van der Waals surface area contributed by atoms with Crippen LogP contribution in [-0.4, -0.2) is 0 Å². The average molecular weight is 439 g/mol. The third kappa shape index (κ3) is 8.53. The maximum absolute atomic E-state index is 2.54. The lowest BCUT2D eigenvalue weighted by atomic mass is 9.68. The van der Waals surface area contributed by atoms with Gasteiger partial charge in [-0.05, 0) is 79.2 Å². The molecule has 0 heteroatoms. The molecule has 0 bridgehead atoms. The van der Waals surface area contributed by atoms with Crippen molar-refractivity contribution in [1.82, 2.24) is 0 Å². The molecule has 0 N–H and O–H groups in total. The highest BCUT2D eigenvalue weighted by Crippen LogP contribution is 2.45. The highest BCUT2D eigenvalue weighted by molar-refractivity contribution is 5.26. The summed E-state index contributed by atoms with van der Waals surface area (Å²) in [7, 11) is 0. The summed E-state index contributed by atoms with van der Waals surface area (Å²) in [6.45, 7) is 7.19. The minimum Gasteiger partial charge on any atom is -0.0654 e. The summed E-state index contributed by atoms with van der Waals surface area (Å²) >= 11 is 0. The van der Waals surface area contributed by atoms with Gasteiger partial charge in [0.05, 0.1) is 0 Å². The summed E-state index contributed by atoms with van der Waals surface area (Å²) in [5.74, 6) is 2.85. The summed E-state index contributed by atoms with van der Waals surface area (Å²) in [6.07, 6.45) is 27.3. The first kappa shape index (κ1) is 25.8. The van der Waals surface area contributed by atoms with E-state index < -0.39 is 0 Å². The van der Waals surface area contributed by atoms with Crippen LogP contribution in [0.3, 0.4) is 0 Å². The molecule has 182 valence electrons. The zero-order chi connectivity index (χ0) is 22.7. The van der Waals surface area contributed by atoms with Crippen LogP contribution in [0.4, 0.5) is 0 Å². The number of benzene rings is 1. The number of aryl methyl sites for hydroxylation is 1. The van der Waals surface area contributed by atoms with Gasteiger partial charge in [0.1, 0.15) is 0 Å². The first-order valence-electron chi connectivity index (χ1n) is 14.7. The lowest BCUT2D eigenvalue weighted by Gasteiger charge is -2.37. The highest BCUT2D eigenvalue weighted by Gasteiger charge is 2.31. The van der Waals surface area contributed by atoms with E-state index in [2.05, 4.69) is 45.0 Å². The quantitative estimate of drug-likeness (QED) is 0.269. The van der Waals surface area contributed by atoms with Gasteiger partial charge in [-0.1, -0.05) is 122 Å². The molecule has 2 fully saturated rings. The molecule has 3 rings (SSSR count). The second-order valence-electron chi connectivity index (χ2n) is 12.1. The van der Waals surface area contributed by atoms with Gasteiger partial charge in [0.15, 0.2) is 0 Å². The van der Waals surface area contributed by atoms with Crippen molar-refractivity contribution in [2.24, 2.45) is 17.3 Å². The number of rotatable bonds is 13. The first-order valence-corrected chi connectivity index (χ1v) is 14.7. The summed E-state index contributed by atoms with van der Waals surface area (Å²) < 4.78 is 0. The van der Waals surface area contributed by atoms with Crippen LogP contribution < -0.4 is 0 Å². The molecule has 2 aliphatic carbocycles. The van der Waals surface area contributed by atoms with Crippen molar-refractivity contribution in [2.75, 3.05) is 0 Å². The van der Waals surface area contributed by atoms with Gasteiger partial charge in [-0.2, -0.15) is 0 Å². The van der Waals surface area contributed by atoms with E-state index in [0.29, 0.717) is 5.41 Å². The smallest absolute Gasteiger partial charge is 0.0162 e. The molecule has 1 aromatic carbocycles. The average Bonchev–Trinajstić information content (AvgIpc) is 2.83. The molecule has 0 radical (unpaired) electrons. The number of hydrogen-bond acceptors (Lipinski definition) is 0. The maximum Gasteiger partial charge on any atom is -0.0162 e. The SMILES string of the molecule is CCCCCCCC1CCC(CCc2ccc(C3CCC(C)(CCCC)CC3)cc2)CC1. The molecule has 0 heterocycles. The first-order chi connectivity index (χ1) is 15.6. The molecule has 2 saturated carbocycles. The summed E-state index contributed by atoms with van der Waals surface area (Å²) in [6, 6.07) is 9.87. The molecule has 0 nitrogen and oxygen atoms in total. The Labute approximate surface area is 201 Å². The van der Waals surface area contributed by atoms with Gasteiger partial charge in [-0.3, -0.25) is 0 Å². The second kappa shape index (κ2) is 13.8. The van der Waals surface area contributed by atoms with Crippen molar-refractivity contribution in [1.29, 1.82) is 0 Å². The van der Waals surface area contributed by atoms with Gasteiger partial charge < -0.3 is 0 Å². The van der Waals surface area contributed by atoms with E-state index in [-0.39, 0.29) is 0 Å². The van der Waals surface area contributed by atoms with Crippen LogP contribution in [0.5, 0.6) is 0 Å². The standard InChI is InChI=1S/C32H54/c1-4-6-8-9-10-11-27-12-14-28(15-13-27)16-17-29-18-20-30(21-19-29)31-22-25-32(3,26-23-31)24-7-5-2/h18-21,27-28,31H,4-17,22-26H2,1-3H3. The molecular weight excluding hydrogens is 384 g/mol. The third-order valence-electron chi connectivity index (χ3n) is 9.30. The number of hydrogen-bond donors (Lipinski definition) is 0. The van der Waals surface area contributed by atoms with Crippen molar-refractivity contribution in [3.8, 4) is 0 Å². The summed E-state index contributed by atoms with van der Waals surface area (Å²) in [5, 5.41) is 0. The molecule has 0 aliphatic heterocycles. The van der Waals surface area contributed by atoms with Crippen LogP contribution in [0.1, 0.15) is 153 Å². The minimum atomic E-state index is 0.626.